The maximum Gasteiger partial charge on any atom is 0.435 e. The molecule has 125 valence electrons. The highest BCUT2D eigenvalue weighted by Crippen LogP contribution is 2.35. The average Bonchev–Trinajstić information content (AvgIpc) is 2.85. The monoisotopic (exact) mass is 356 g/mol. The maximum absolute atomic E-state index is 12.8. The zero-order chi connectivity index (χ0) is 17.3. The normalized spacial score (nSPS) is 12.7. The molecule has 0 aliphatic carbocycles. The van der Waals surface area contributed by atoms with Gasteiger partial charge >= 0.3 is 12.4 Å². The zero-order valence-electron chi connectivity index (χ0n) is 11.3. The van der Waals surface area contributed by atoms with E-state index in [1.807, 2.05) is 0 Å². The first kappa shape index (κ1) is 17.6. The lowest BCUT2D eigenvalue weighted by Gasteiger charge is -2.10. The Balaban J connectivity index is 2.16. The highest BCUT2D eigenvalue weighted by atomic mass is 35.5. The number of rotatable bonds is 4. The lowest BCUT2D eigenvalue weighted by atomic mass is 10.1. The third-order valence-corrected chi connectivity index (χ3v) is 3.20. The second-order valence-corrected chi connectivity index (χ2v) is 4.90. The maximum atomic E-state index is 12.8. The topological polar surface area (TPSA) is 30.7 Å². The third-order valence-electron chi connectivity index (χ3n) is 2.86. The van der Waals surface area contributed by atoms with Crippen molar-refractivity contribution in [2.24, 2.45) is 0 Å². The Morgan fingerprint density at radius 2 is 1.83 bits per heavy atom. The van der Waals surface area contributed by atoms with Crippen LogP contribution in [0, 0.1) is 6.42 Å². The van der Waals surface area contributed by atoms with Crippen LogP contribution in [0.3, 0.4) is 0 Å². The van der Waals surface area contributed by atoms with Crippen LogP contribution in [0.15, 0.2) is 24.4 Å². The van der Waals surface area contributed by atoms with Gasteiger partial charge in [0, 0.05) is 18.8 Å². The van der Waals surface area contributed by atoms with E-state index in [2.05, 4.69) is 10.1 Å². The summed E-state index contributed by atoms with van der Waals surface area (Å²) in [5, 5.41) is 3.17. The first-order chi connectivity index (χ1) is 10.6. The summed E-state index contributed by atoms with van der Waals surface area (Å²) in [4.78, 5) is 3.79. The Hall–Kier alpha value is -1.77. The van der Waals surface area contributed by atoms with Gasteiger partial charge in [-0.25, -0.2) is 4.98 Å². The molecule has 0 saturated carbocycles. The molecule has 0 unspecified atom stereocenters. The molecule has 3 nitrogen and oxygen atoms in total. The van der Waals surface area contributed by atoms with Gasteiger partial charge in [-0.15, -0.1) is 0 Å². The fourth-order valence-corrected chi connectivity index (χ4v) is 2.03. The van der Waals surface area contributed by atoms with Gasteiger partial charge in [0.1, 0.15) is 10.8 Å². The van der Waals surface area contributed by atoms with Gasteiger partial charge in [-0.2, -0.15) is 31.4 Å². The van der Waals surface area contributed by atoms with Crippen molar-refractivity contribution in [1.82, 2.24) is 14.8 Å². The summed E-state index contributed by atoms with van der Waals surface area (Å²) in [6, 6.07) is 3.19. The van der Waals surface area contributed by atoms with Crippen molar-refractivity contribution >= 4 is 11.6 Å². The van der Waals surface area contributed by atoms with E-state index < -0.39 is 30.3 Å². The number of hydrogen-bond acceptors (Lipinski definition) is 2. The standard InChI is InChI=1S/C13H9ClF6N3/c14-11-8(3-1-5-21-11)4-2-6-23-10(13(18,19)20)7-9(22-23)12(15,16)17/h1-3,5,7H,4,6H2. The first-order valence-corrected chi connectivity index (χ1v) is 6.60. The molecular formula is C13H9ClF6N3. The Kier molecular flexibility index (Phi) is 4.88. The molecule has 0 aromatic carbocycles. The van der Waals surface area contributed by atoms with Crippen LogP contribution in [-0.2, 0) is 25.3 Å². The number of aromatic nitrogens is 3. The molecule has 0 aliphatic rings. The predicted octanol–water partition coefficient (Wildman–Crippen LogP) is 4.42. The van der Waals surface area contributed by atoms with E-state index in [9.17, 15) is 26.3 Å². The molecule has 0 saturated heterocycles. The summed E-state index contributed by atoms with van der Waals surface area (Å²) in [7, 11) is 0. The van der Waals surface area contributed by atoms with Crippen LogP contribution in [0.4, 0.5) is 26.3 Å². The molecule has 0 atom stereocenters. The minimum atomic E-state index is -4.95. The molecule has 2 heterocycles. The SMILES string of the molecule is FC(F)(F)c1cc(C(F)(F)F)n(C[CH]Cc2cccnc2Cl)n1. The first-order valence-electron chi connectivity index (χ1n) is 6.22. The minimum absolute atomic E-state index is 0.00904. The summed E-state index contributed by atoms with van der Waals surface area (Å²) in [5.74, 6) is 0. The lowest BCUT2D eigenvalue weighted by molar-refractivity contribution is -0.144. The summed E-state index contributed by atoms with van der Waals surface area (Å²) >= 11 is 5.79. The number of alkyl halides is 6. The van der Waals surface area contributed by atoms with Crippen molar-refractivity contribution in [3.8, 4) is 0 Å². The van der Waals surface area contributed by atoms with Crippen LogP contribution in [0.2, 0.25) is 5.15 Å². The summed E-state index contributed by atoms with van der Waals surface area (Å²) in [6.07, 6.45) is -6.96. The van der Waals surface area contributed by atoms with Gasteiger partial charge in [0.25, 0.3) is 0 Å². The molecule has 2 aromatic rings. The largest absolute Gasteiger partial charge is 0.435 e. The van der Waals surface area contributed by atoms with E-state index in [4.69, 9.17) is 11.6 Å². The summed E-state index contributed by atoms with van der Waals surface area (Å²) in [5.41, 5.74) is -2.50. The smallest absolute Gasteiger partial charge is 0.260 e. The van der Waals surface area contributed by atoms with Crippen molar-refractivity contribution in [3.05, 3.63) is 52.9 Å². The molecule has 2 rings (SSSR count). The second kappa shape index (κ2) is 6.38. The molecule has 1 radical (unpaired) electrons. The number of pyridine rings is 1. The average molecular weight is 357 g/mol. The van der Waals surface area contributed by atoms with Crippen molar-refractivity contribution in [1.29, 1.82) is 0 Å². The van der Waals surface area contributed by atoms with Crippen LogP contribution < -0.4 is 0 Å². The zero-order valence-corrected chi connectivity index (χ0v) is 12.0. The number of halogens is 7. The van der Waals surface area contributed by atoms with Crippen molar-refractivity contribution in [3.63, 3.8) is 0 Å². The van der Waals surface area contributed by atoms with Crippen molar-refractivity contribution in [2.45, 2.75) is 25.3 Å². The van der Waals surface area contributed by atoms with Gasteiger partial charge in [-0.3, -0.25) is 4.68 Å². The molecule has 0 amide bonds. The molecule has 2 aromatic heterocycles. The Bertz CT molecular complexity index is 677. The second-order valence-electron chi connectivity index (χ2n) is 4.54. The van der Waals surface area contributed by atoms with Gasteiger partial charge in [0.2, 0.25) is 0 Å². The molecule has 23 heavy (non-hydrogen) atoms. The van der Waals surface area contributed by atoms with E-state index >= 15 is 0 Å². The van der Waals surface area contributed by atoms with Gasteiger partial charge in [0.15, 0.2) is 5.69 Å². The fourth-order valence-electron chi connectivity index (χ4n) is 1.84. The van der Waals surface area contributed by atoms with Gasteiger partial charge in [0.05, 0.1) is 0 Å². The molecule has 0 bridgehead atoms. The van der Waals surface area contributed by atoms with E-state index in [1.54, 1.807) is 12.1 Å². The van der Waals surface area contributed by atoms with Gasteiger partial charge in [-0.05, 0) is 24.5 Å². The highest BCUT2D eigenvalue weighted by molar-refractivity contribution is 6.30. The van der Waals surface area contributed by atoms with Gasteiger partial charge < -0.3 is 0 Å². The predicted molar refractivity (Wildman–Crippen MR) is 69.5 cm³/mol. The number of nitrogens with zero attached hydrogens (tertiary/aromatic N) is 3. The van der Waals surface area contributed by atoms with Crippen LogP contribution in [0.25, 0.3) is 0 Å². The Morgan fingerprint density at radius 1 is 1.13 bits per heavy atom. The molecule has 0 fully saturated rings. The Morgan fingerprint density at radius 3 is 2.39 bits per heavy atom. The van der Waals surface area contributed by atoms with E-state index in [0.717, 1.165) is 0 Å². The van der Waals surface area contributed by atoms with Crippen molar-refractivity contribution < 1.29 is 26.3 Å². The van der Waals surface area contributed by atoms with Crippen molar-refractivity contribution in [2.75, 3.05) is 0 Å². The summed E-state index contributed by atoms with van der Waals surface area (Å²) in [6.45, 7) is -0.448. The van der Waals surface area contributed by atoms with E-state index in [0.29, 0.717) is 5.56 Å². The quantitative estimate of drug-likeness (QED) is 0.600. The molecule has 0 N–H and O–H groups in total. The van der Waals surface area contributed by atoms with E-state index in [-0.39, 0.29) is 22.3 Å². The number of hydrogen-bond donors (Lipinski definition) is 0. The third kappa shape index (κ3) is 4.37. The Labute approximate surface area is 131 Å². The fraction of sp³-hybridized carbons (Fsp3) is 0.308. The lowest BCUT2D eigenvalue weighted by Crippen LogP contribution is -2.15. The summed E-state index contributed by atoms with van der Waals surface area (Å²) < 4.78 is 76.2. The molecular weight excluding hydrogens is 348 g/mol. The minimum Gasteiger partial charge on any atom is -0.260 e. The van der Waals surface area contributed by atoms with Crippen LogP contribution >= 0.6 is 11.6 Å². The molecule has 10 heteroatoms. The molecule has 0 aliphatic heterocycles. The van der Waals surface area contributed by atoms with Crippen LogP contribution in [0.5, 0.6) is 0 Å². The van der Waals surface area contributed by atoms with Crippen LogP contribution in [-0.4, -0.2) is 14.8 Å². The van der Waals surface area contributed by atoms with E-state index in [1.165, 1.54) is 12.6 Å². The van der Waals surface area contributed by atoms with Crippen LogP contribution in [0.1, 0.15) is 17.0 Å². The van der Waals surface area contributed by atoms with Gasteiger partial charge in [-0.1, -0.05) is 17.7 Å². The highest BCUT2D eigenvalue weighted by Gasteiger charge is 2.41. The molecule has 0 spiro atoms.